The zero-order valence-corrected chi connectivity index (χ0v) is 12.7. The summed E-state index contributed by atoms with van der Waals surface area (Å²) >= 11 is 0. The van der Waals surface area contributed by atoms with E-state index in [1.807, 2.05) is 13.8 Å². The van der Waals surface area contributed by atoms with Gasteiger partial charge in [0.05, 0.1) is 6.54 Å². The Morgan fingerprint density at radius 2 is 2.00 bits per heavy atom. The SMILES string of the molecule is C=N/N=C(/CC)N(CC)CCOC(=O)N1CCCCC1. The van der Waals surface area contributed by atoms with Crippen molar-refractivity contribution in [1.82, 2.24) is 9.80 Å². The zero-order chi connectivity index (χ0) is 14.8. The molecule has 0 saturated carbocycles. The Morgan fingerprint density at radius 3 is 2.55 bits per heavy atom. The van der Waals surface area contributed by atoms with E-state index >= 15 is 0 Å². The van der Waals surface area contributed by atoms with Crippen LogP contribution < -0.4 is 0 Å². The van der Waals surface area contributed by atoms with Gasteiger partial charge in [0, 0.05) is 32.8 Å². The summed E-state index contributed by atoms with van der Waals surface area (Å²) in [5.41, 5.74) is 0. The molecular formula is C14H26N4O2. The molecule has 0 unspecified atom stereocenters. The number of likely N-dealkylation sites (N-methyl/N-ethyl adjacent to an activating group) is 1. The first-order chi connectivity index (χ1) is 9.72. The average molecular weight is 282 g/mol. The van der Waals surface area contributed by atoms with Crippen LogP contribution in [0.5, 0.6) is 0 Å². The van der Waals surface area contributed by atoms with Crippen molar-refractivity contribution in [2.45, 2.75) is 39.5 Å². The summed E-state index contributed by atoms with van der Waals surface area (Å²) in [6.07, 6.45) is 3.95. The van der Waals surface area contributed by atoms with E-state index in [-0.39, 0.29) is 6.09 Å². The molecule has 0 aromatic heterocycles. The number of piperidine rings is 1. The summed E-state index contributed by atoms with van der Waals surface area (Å²) in [7, 11) is 0. The minimum absolute atomic E-state index is 0.197. The smallest absolute Gasteiger partial charge is 0.409 e. The number of carbonyl (C=O) groups excluding carboxylic acids is 1. The highest BCUT2D eigenvalue weighted by atomic mass is 16.6. The molecule has 0 bridgehead atoms. The van der Waals surface area contributed by atoms with E-state index in [9.17, 15) is 4.79 Å². The third-order valence-corrected chi connectivity index (χ3v) is 3.45. The molecule has 0 N–H and O–H groups in total. The molecule has 114 valence electrons. The molecule has 0 spiro atoms. The summed E-state index contributed by atoms with van der Waals surface area (Å²) < 4.78 is 5.33. The zero-order valence-electron chi connectivity index (χ0n) is 12.7. The van der Waals surface area contributed by atoms with Gasteiger partial charge in [-0.1, -0.05) is 6.92 Å². The summed E-state index contributed by atoms with van der Waals surface area (Å²) in [5, 5.41) is 7.58. The van der Waals surface area contributed by atoms with Gasteiger partial charge in [-0.2, -0.15) is 5.10 Å². The van der Waals surface area contributed by atoms with Crippen LogP contribution in [0.15, 0.2) is 10.2 Å². The van der Waals surface area contributed by atoms with Crippen molar-refractivity contribution < 1.29 is 9.53 Å². The topological polar surface area (TPSA) is 57.5 Å². The average Bonchev–Trinajstić information content (AvgIpc) is 2.50. The molecule has 1 rings (SSSR count). The number of likely N-dealkylation sites (tertiary alicyclic amines) is 1. The monoisotopic (exact) mass is 282 g/mol. The van der Waals surface area contributed by atoms with Gasteiger partial charge in [0.1, 0.15) is 12.4 Å². The minimum Gasteiger partial charge on any atom is -0.448 e. The first-order valence-corrected chi connectivity index (χ1v) is 7.42. The first kappa shape index (κ1) is 16.5. The van der Waals surface area contributed by atoms with Crippen molar-refractivity contribution >= 4 is 18.6 Å². The fourth-order valence-electron chi connectivity index (χ4n) is 2.32. The van der Waals surface area contributed by atoms with Crippen molar-refractivity contribution in [3.8, 4) is 0 Å². The van der Waals surface area contributed by atoms with E-state index in [1.165, 1.54) is 6.42 Å². The van der Waals surface area contributed by atoms with Gasteiger partial charge in [0.15, 0.2) is 0 Å². The molecule has 6 heteroatoms. The Morgan fingerprint density at radius 1 is 1.30 bits per heavy atom. The Bertz CT molecular complexity index is 338. The van der Waals surface area contributed by atoms with Gasteiger partial charge < -0.3 is 14.5 Å². The molecule has 6 nitrogen and oxygen atoms in total. The van der Waals surface area contributed by atoms with Crippen molar-refractivity contribution in [2.24, 2.45) is 10.2 Å². The lowest BCUT2D eigenvalue weighted by molar-refractivity contribution is 0.0907. The number of amides is 1. The fourth-order valence-corrected chi connectivity index (χ4v) is 2.32. The third-order valence-electron chi connectivity index (χ3n) is 3.45. The summed E-state index contributed by atoms with van der Waals surface area (Å²) in [4.78, 5) is 15.7. The van der Waals surface area contributed by atoms with Gasteiger partial charge in [0.25, 0.3) is 0 Å². The number of nitrogens with zero attached hydrogens (tertiary/aromatic N) is 4. The van der Waals surface area contributed by atoms with Crippen molar-refractivity contribution in [3.63, 3.8) is 0 Å². The fraction of sp³-hybridized carbons (Fsp3) is 0.786. The summed E-state index contributed by atoms with van der Waals surface area (Å²) in [6.45, 7) is 10.9. The predicted octanol–water partition coefficient (Wildman–Crippen LogP) is 2.35. The normalized spacial score (nSPS) is 15.9. The molecule has 0 aromatic rings. The molecule has 0 aliphatic carbocycles. The van der Waals surface area contributed by atoms with Gasteiger partial charge in [-0.3, -0.25) is 0 Å². The lowest BCUT2D eigenvalue weighted by Gasteiger charge is -2.27. The Labute approximate surface area is 121 Å². The second kappa shape index (κ2) is 9.34. The molecule has 1 saturated heterocycles. The third kappa shape index (κ3) is 5.19. The van der Waals surface area contributed by atoms with E-state index in [0.29, 0.717) is 13.2 Å². The van der Waals surface area contributed by atoms with E-state index < -0.39 is 0 Å². The number of hydrogen-bond donors (Lipinski definition) is 0. The highest BCUT2D eigenvalue weighted by molar-refractivity contribution is 5.82. The molecule has 20 heavy (non-hydrogen) atoms. The van der Waals surface area contributed by atoms with Crippen molar-refractivity contribution in [3.05, 3.63) is 0 Å². The lowest BCUT2D eigenvalue weighted by atomic mass is 10.1. The predicted molar refractivity (Wildman–Crippen MR) is 81.3 cm³/mol. The first-order valence-electron chi connectivity index (χ1n) is 7.42. The molecule has 1 fully saturated rings. The van der Waals surface area contributed by atoms with Gasteiger partial charge in [-0.15, -0.1) is 5.10 Å². The molecule has 0 radical (unpaired) electrons. The molecule has 0 atom stereocenters. The van der Waals surface area contributed by atoms with Gasteiger partial charge >= 0.3 is 6.09 Å². The highest BCUT2D eigenvalue weighted by Gasteiger charge is 2.18. The van der Waals surface area contributed by atoms with E-state index in [1.54, 1.807) is 4.90 Å². The molecule has 1 aliphatic rings. The molecule has 1 amide bonds. The number of amidine groups is 1. The number of carbonyl (C=O) groups is 1. The van der Waals surface area contributed by atoms with Crippen LogP contribution in [0, 0.1) is 0 Å². The highest BCUT2D eigenvalue weighted by Crippen LogP contribution is 2.09. The number of rotatable bonds is 6. The van der Waals surface area contributed by atoms with Crippen LogP contribution in [0.4, 0.5) is 4.79 Å². The molecule has 1 aliphatic heterocycles. The van der Waals surface area contributed by atoms with Crippen LogP contribution in [0.3, 0.4) is 0 Å². The Hall–Kier alpha value is -1.59. The summed E-state index contributed by atoms with van der Waals surface area (Å²) in [5.74, 6) is 0.872. The van der Waals surface area contributed by atoms with Gasteiger partial charge in [-0.05, 0) is 26.2 Å². The van der Waals surface area contributed by atoms with Crippen molar-refractivity contribution in [2.75, 3.05) is 32.8 Å². The number of hydrogen-bond acceptors (Lipinski definition) is 4. The molecular weight excluding hydrogens is 256 g/mol. The van der Waals surface area contributed by atoms with Crippen LogP contribution in [0.1, 0.15) is 39.5 Å². The van der Waals surface area contributed by atoms with E-state index in [0.717, 1.165) is 44.7 Å². The second-order valence-corrected chi connectivity index (χ2v) is 4.75. The van der Waals surface area contributed by atoms with Crippen LogP contribution in [0.2, 0.25) is 0 Å². The second-order valence-electron chi connectivity index (χ2n) is 4.75. The largest absolute Gasteiger partial charge is 0.448 e. The van der Waals surface area contributed by atoms with Crippen LogP contribution in [0.25, 0.3) is 0 Å². The Balaban J connectivity index is 2.35. The van der Waals surface area contributed by atoms with Crippen LogP contribution >= 0.6 is 0 Å². The number of ether oxygens (including phenoxy) is 1. The standard InChI is InChI=1S/C14H26N4O2/c1-4-13(16-15-3)17(5-2)11-12-20-14(19)18-9-7-6-8-10-18/h3-12H2,1-2H3/b16-13-. The maximum absolute atomic E-state index is 11.9. The molecule has 1 heterocycles. The van der Waals surface area contributed by atoms with Crippen LogP contribution in [-0.4, -0.2) is 61.2 Å². The van der Waals surface area contributed by atoms with Gasteiger partial charge in [-0.25, -0.2) is 4.79 Å². The van der Waals surface area contributed by atoms with Crippen molar-refractivity contribution in [1.29, 1.82) is 0 Å². The minimum atomic E-state index is -0.197. The van der Waals surface area contributed by atoms with E-state index in [4.69, 9.17) is 4.74 Å². The maximum atomic E-state index is 11.9. The lowest BCUT2D eigenvalue weighted by Crippen LogP contribution is -2.38. The van der Waals surface area contributed by atoms with E-state index in [2.05, 4.69) is 21.8 Å². The quantitative estimate of drug-likeness (QED) is 0.427. The van der Waals surface area contributed by atoms with Crippen LogP contribution in [-0.2, 0) is 4.74 Å². The maximum Gasteiger partial charge on any atom is 0.409 e. The van der Waals surface area contributed by atoms with Gasteiger partial charge in [0.2, 0.25) is 0 Å². The Kier molecular flexibility index (Phi) is 7.69. The molecule has 0 aromatic carbocycles. The summed E-state index contributed by atoms with van der Waals surface area (Å²) in [6, 6.07) is 0.